The number of anilines is 1. The van der Waals surface area contributed by atoms with Gasteiger partial charge in [-0.3, -0.25) is 0 Å². The van der Waals surface area contributed by atoms with Gasteiger partial charge in [-0.2, -0.15) is 0 Å². The molecule has 0 atom stereocenters. The molecule has 0 unspecified atom stereocenters. The number of nitrogens with zero attached hydrogens (tertiary/aromatic N) is 1. The molecular formula is C15H23BrN2O2S. The van der Waals surface area contributed by atoms with Crippen molar-refractivity contribution in [3.8, 4) is 0 Å². The molecule has 1 saturated heterocycles. The van der Waals surface area contributed by atoms with E-state index in [1.54, 1.807) is 0 Å². The van der Waals surface area contributed by atoms with Gasteiger partial charge in [0.05, 0.1) is 17.2 Å². The monoisotopic (exact) mass is 374 g/mol. The summed E-state index contributed by atoms with van der Waals surface area (Å²) < 4.78 is 24.0. The molecular weight excluding hydrogens is 352 g/mol. The lowest BCUT2D eigenvalue weighted by molar-refractivity contribution is 0.424. The molecule has 6 heteroatoms. The van der Waals surface area contributed by atoms with Crippen LogP contribution in [0.2, 0.25) is 0 Å². The van der Waals surface area contributed by atoms with Gasteiger partial charge in [0.15, 0.2) is 9.84 Å². The van der Waals surface area contributed by atoms with Gasteiger partial charge in [0.25, 0.3) is 0 Å². The first-order valence-corrected chi connectivity index (χ1v) is 9.77. The van der Waals surface area contributed by atoms with Crippen molar-refractivity contribution in [3.63, 3.8) is 0 Å². The van der Waals surface area contributed by atoms with Gasteiger partial charge < -0.3 is 10.2 Å². The summed E-state index contributed by atoms with van der Waals surface area (Å²) in [7, 11) is -2.84. The summed E-state index contributed by atoms with van der Waals surface area (Å²) in [6, 6.07) is 6.28. The number of benzene rings is 1. The Kier molecular flexibility index (Phi) is 5.00. The van der Waals surface area contributed by atoms with Crippen molar-refractivity contribution in [3.05, 3.63) is 28.2 Å². The van der Waals surface area contributed by atoms with Crippen LogP contribution in [0.25, 0.3) is 0 Å². The zero-order valence-electron chi connectivity index (χ0n) is 12.8. The van der Waals surface area contributed by atoms with Crippen LogP contribution >= 0.6 is 15.9 Å². The first-order chi connectivity index (χ1) is 9.66. The number of halogens is 1. The highest BCUT2D eigenvalue weighted by Crippen LogP contribution is 2.28. The number of hydrogen-bond acceptors (Lipinski definition) is 4. The highest BCUT2D eigenvalue weighted by atomic mass is 79.9. The average molecular weight is 375 g/mol. The van der Waals surface area contributed by atoms with E-state index in [-0.39, 0.29) is 17.0 Å². The fraction of sp³-hybridized carbons (Fsp3) is 0.600. The van der Waals surface area contributed by atoms with Crippen molar-refractivity contribution in [1.29, 1.82) is 0 Å². The van der Waals surface area contributed by atoms with Crippen LogP contribution in [-0.4, -0.2) is 38.6 Å². The van der Waals surface area contributed by atoms with Gasteiger partial charge in [-0.15, -0.1) is 0 Å². The molecule has 0 amide bonds. The van der Waals surface area contributed by atoms with E-state index >= 15 is 0 Å². The normalized spacial score (nSPS) is 18.8. The maximum absolute atomic E-state index is 11.5. The molecule has 4 nitrogen and oxygen atoms in total. The number of sulfone groups is 1. The van der Waals surface area contributed by atoms with Crippen LogP contribution in [0.3, 0.4) is 0 Å². The molecule has 0 aliphatic carbocycles. The molecule has 0 spiro atoms. The van der Waals surface area contributed by atoms with Crippen LogP contribution in [0.15, 0.2) is 22.7 Å². The Morgan fingerprint density at radius 2 is 1.86 bits per heavy atom. The van der Waals surface area contributed by atoms with Crippen LogP contribution < -0.4 is 10.2 Å². The summed E-state index contributed by atoms with van der Waals surface area (Å²) in [5.74, 6) is 0.486. The smallest absolute Gasteiger partial charge is 0.153 e. The van der Waals surface area contributed by atoms with Gasteiger partial charge in [-0.1, -0.05) is 6.07 Å². The second-order valence-electron chi connectivity index (χ2n) is 6.53. The average Bonchev–Trinajstić information content (AvgIpc) is 2.36. The van der Waals surface area contributed by atoms with E-state index in [0.29, 0.717) is 13.1 Å². The van der Waals surface area contributed by atoms with Crippen molar-refractivity contribution in [2.24, 2.45) is 0 Å². The van der Waals surface area contributed by atoms with Crippen LogP contribution in [0.1, 0.15) is 26.3 Å². The molecule has 0 saturated carbocycles. The lowest BCUT2D eigenvalue weighted by atomic mass is 10.1. The third-order valence-electron chi connectivity index (χ3n) is 3.52. The largest absolute Gasteiger partial charge is 0.369 e. The maximum atomic E-state index is 11.5. The van der Waals surface area contributed by atoms with E-state index in [0.717, 1.165) is 16.7 Å². The minimum Gasteiger partial charge on any atom is -0.369 e. The summed E-state index contributed by atoms with van der Waals surface area (Å²) in [5.41, 5.74) is 2.38. The maximum Gasteiger partial charge on any atom is 0.153 e. The van der Waals surface area contributed by atoms with Crippen LogP contribution in [0.5, 0.6) is 0 Å². The van der Waals surface area contributed by atoms with Crippen LogP contribution in [-0.2, 0) is 16.4 Å². The predicted octanol–water partition coefficient (Wildman–Crippen LogP) is 2.57. The second-order valence-corrected chi connectivity index (χ2v) is 9.69. The summed E-state index contributed by atoms with van der Waals surface area (Å²) in [6.07, 6.45) is 0. The molecule has 118 valence electrons. The van der Waals surface area contributed by atoms with Gasteiger partial charge in [0.2, 0.25) is 0 Å². The Morgan fingerprint density at radius 1 is 1.24 bits per heavy atom. The third kappa shape index (κ3) is 4.97. The summed E-state index contributed by atoms with van der Waals surface area (Å²) >= 11 is 3.61. The molecule has 0 aromatic heterocycles. The molecule has 21 heavy (non-hydrogen) atoms. The Bertz CT molecular complexity index is 595. The molecule has 1 aliphatic heterocycles. The van der Waals surface area contributed by atoms with E-state index in [1.807, 2.05) is 0 Å². The van der Waals surface area contributed by atoms with Gasteiger partial charge >= 0.3 is 0 Å². The van der Waals surface area contributed by atoms with E-state index < -0.39 is 9.84 Å². The minimum absolute atomic E-state index is 0.0897. The molecule has 1 aromatic rings. The third-order valence-corrected chi connectivity index (χ3v) is 5.76. The molecule has 0 radical (unpaired) electrons. The van der Waals surface area contributed by atoms with Crippen molar-refractivity contribution >= 4 is 31.5 Å². The Hall–Kier alpha value is -0.590. The predicted molar refractivity (Wildman–Crippen MR) is 91.6 cm³/mol. The fourth-order valence-corrected chi connectivity index (χ4v) is 4.12. The van der Waals surface area contributed by atoms with Gasteiger partial charge in [-0.25, -0.2) is 8.42 Å². The Balaban J connectivity index is 2.06. The highest BCUT2D eigenvalue weighted by molar-refractivity contribution is 9.10. The Morgan fingerprint density at radius 3 is 2.38 bits per heavy atom. The Labute approximate surface area is 136 Å². The lowest BCUT2D eigenvalue weighted by Gasteiger charge is -2.30. The lowest BCUT2D eigenvalue weighted by Crippen LogP contribution is -2.40. The SMILES string of the molecule is CC(C)(C)NCc1ccc(N2CCS(=O)(=O)CC2)c(Br)c1. The molecule has 2 rings (SSSR count). The fourth-order valence-electron chi connectivity index (χ4n) is 2.24. The van der Waals surface area contributed by atoms with E-state index in [1.165, 1.54) is 5.56 Å². The standard InChI is InChI=1S/C15H23BrN2O2S/c1-15(2,3)17-11-12-4-5-14(13(16)10-12)18-6-8-21(19,20)9-7-18/h4-5,10,17H,6-9,11H2,1-3H3. The summed E-state index contributed by atoms with van der Waals surface area (Å²) in [6.45, 7) is 8.39. The van der Waals surface area contributed by atoms with E-state index in [4.69, 9.17) is 0 Å². The molecule has 1 N–H and O–H groups in total. The second kappa shape index (κ2) is 6.26. The first-order valence-electron chi connectivity index (χ1n) is 7.15. The van der Waals surface area contributed by atoms with Crippen molar-refractivity contribution < 1.29 is 8.42 Å². The van der Waals surface area contributed by atoms with Gasteiger partial charge in [0.1, 0.15) is 0 Å². The topological polar surface area (TPSA) is 49.4 Å². The van der Waals surface area contributed by atoms with Crippen molar-refractivity contribution in [2.75, 3.05) is 29.5 Å². The molecule has 1 fully saturated rings. The molecule has 1 aromatic carbocycles. The van der Waals surface area contributed by atoms with Gasteiger partial charge in [-0.05, 0) is 54.4 Å². The van der Waals surface area contributed by atoms with Crippen LogP contribution in [0, 0.1) is 0 Å². The molecule has 1 heterocycles. The first kappa shape index (κ1) is 16.8. The minimum atomic E-state index is -2.84. The number of nitrogens with one attached hydrogen (secondary N) is 1. The number of rotatable bonds is 3. The van der Waals surface area contributed by atoms with Crippen molar-refractivity contribution in [2.45, 2.75) is 32.9 Å². The summed E-state index contributed by atoms with van der Waals surface area (Å²) in [4.78, 5) is 2.13. The van der Waals surface area contributed by atoms with E-state index in [2.05, 4.69) is 65.1 Å². The molecule has 0 bridgehead atoms. The number of hydrogen-bond donors (Lipinski definition) is 1. The molecule has 1 aliphatic rings. The zero-order chi connectivity index (χ0) is 15.7. The zero-order valence-corrected chi connectivity index (χ0v) is 15.2. The van der Waals surface area contributed by atoms with Crippen LogP contribution in [0.4, 0.5) is 5.69 Å². The van der Waals surface area contributed by atoms with Crippen molar-refractivity contribution in [1.82, 2.24) is 5.32 Å². The highest BCUT2D eigenvalue weighted by Gasteiger charge is 2.23. The van der Waals surface area contributed by atoms with Gasteiger partial charge in [0, 0.05) is 29.6 Å². The van der Waals surface area contributed by atoms with E-state index in [9.17, 15) is 8.42 Å². The summed E-state index contributed by atoms with van der Waals surface area (Å²) in [5, 5.41) is 3.46. The quantitative estimate of drug-likeness (QED) is 0.882.